The van der Waals surface area contributed by atoms with Crippen molar-refractivity contribution in [3.8, 4) is 0 Å². The molecule has 7 nitrogen and oxygen atoms in total. The second-order valence-electron chi connectivity index (χ2n) is 8.45. The van der Waals surface area contributed by atoms with Crippen LogP contribution in [0.5, 0.6) is 0 Å². The van der Waals surface area contributed by atoms with E-state index >= 15 is 0 Å². The molecule has 4 rings (SSSR count). The Bertz CT molecular complexity index is 776. The zero-order chi connectivity index (χ0) is 19.9. The number of aliphatic hydroxyl groups excluding tert-OH is 3. The van der Waals surface area contributed by atoms with Gasteiger partial charge in [0.05, 0.1) is 17.6 Å². The van der Waals surface area contributed by atoms with E-state index in [4.69, 9.17) is 21.1 Å². The van der Waals surface area contributed by atoms with Crippen LogP contribution in [0.1, 0.15) is 20.8 Å². The van der Waals surface area contributed by atoms with E-state index in [0.29, 0.717) is 11.1 Å². The SMILES string of the molecule is C[C@H](CO)[C@H]1OC(=O)C=C2C1=C[C@H]1OC(=O)[C@]3(C)[C@H]1[C@]2(C)[C@@H](Cl)[C@H](O)[C@@H]3O. The molecule has 27 heavy (non-hydrogen) atoms. The molecule has 148 valence electrons. The van der Waals surface area contributed by atoms with Gasteiger partial charge in [0.25, 0.3) is 0 Å². The van der Waals surface area contributed by atoms with Crippen molar-refractivity contribution in [2.75, 3.05) is 6.61 Å². The summed E-state index contributed by atoms with van der Waals surface area (Å²) in [6.07, 6.45) is -1.07. The normalized spacial score (nSPS) is 49.3. The number of fused-ring (bicyclic) bond motifs is 2. The van der Waals surface area contributed by atoms with Crippen molar-refractivity contribution in [3.05, 3.63) is 23.3 Å². The quantitative estimate of drug-likeness (QED) is 0.453. The largest absolute Gasteiger partial charge is 0.457 e. The molecule has 0 radical (unpaired) electrons. The van der Waals surface area contributed by atoms with Gasteiger partial charge in [-0.2, -0.15) is 0 Å². The van der Waals surface area contributed by atoms with E-state index in [9.17, 15) is 24.9 Å². The van der Waals surface area contributed by atoms with Crippen molar-refractivity contribution in [3.63, 3.8) is 0 Å². The Morgan fingerprint density at radius 1 is 1.22 bits per heavy atom. The first-order valence-electron chi connectivity index (χ1n) is 9.05. The summed E-state index contributed by atoms with van der Waals surface area (Å²) in [5.41, 5.74) is -1.16. The maximum absolute atomic E-state index is 12.7. The summed E-state index contributed by atoms with van der Waals surface area (Å²) in [6.45, 7) is 4.91. The lowest BCUT2D eigenvalue weighted by Gasteiger charge is -2.57. The third-order valence-corrected chi connectivity index (χ3v) is 7.68. The zero-order valence-electron chi connectivity index (χ0n) is 15.3. The molecule has 0 spiro atoms. The van der Waals surface area contributed by atoms with Crippen LogP contribution in [0.15, 0.2) is 23.3 Å². The summed E-state index contributed by atoms with van der Waals surface area (Å²) in [6, 6.07) is 0. The van der Waals surface area contributed by atoms with Crippen LogP contribution in [0.4, 0.5) is 0 Å². The number of esters is 2. The summed E-state index contributed by atoms with van der Waals surface area (Å²) < 4.78 is 11.0. The summed E-state index contributed by atoms with van der Waals surface area (Å²) in [5, 5.41) is 29.9. The number of halogens is 1. The van der Waals surface area contributed by atoms with Crippen molar-refractivity contribution < 1.29 is 34.4 Å². The molecule has 1 saturated carbocycles. The van der Waals surface area contributed by atoms with Crippen LogP contribution in [0.2, 0.25) is 0 Å². The van der Waals surface area contributed by atoms with Crippen LogP contribution in [-0.4, -0.2) is 63.7 Å². The molecular weight excluding hydrogens is 376 g/mol. The van der Waals surface area contributed by atoms with Crippen molar-refractivity contribution >= 4 is 23.5 Å². The minimum absolute atomic E-state index is 0.198. The highest BCUT2D eigenvalue weighted by atomic mass is 35.5. The number of alkyl halides is 1. The maximum atomic E-state index is 12.7. The van der Waals surface area contributed by atoms with E-state index < -0.39 is 58.5 Å². The number of rotatable bonds is 2. The predicted octanol–water partition coefficient (Wildman–Crippen LogP) is 0.304. The number of ether oxygens (including phenoxy) is 2. The third-order valence-electron chi connectivity index (χ3n) is 6.97. The van der Waals surface area contributed by atoms with Crippen molar-refractivity contribution in [2.24, 2.45) is 22.7 Å². The average molecular weight is 399 g/mol. The molecular formula is C19H23ClO7. The average Bonchev–Trinajstić information content (AvgIpc) is 2.90. The van der Waals surface area contributed by atoms with Gasteiger partial charge in [0.15, 0.2) is 0 Å². The van der Waals surface area contributed by atoms with Gasteiger partial charge < -0.3 is 24.8 Å². The molecule has 0 aromatic carbocycles. The van der Waals surface area contributed by atoms with E-state index in [0.717, 1.165) is 0 Å². The van der Waals surface area contributed by atoms with Crippen LogP contribution >= 0.6 is 11.6 Å². The number of hydrogen-bond acceptors (Lipinski definition) is 7. The molecule has 0 aromatic rings. The molecule has 4 aliphatic rings. The lowest BCUT2D eigenvalue weighted by atomic mass is 9.47. The number of carbonyl (C=O) groups is 2. The van der Waals surface area contributed by atoms with Crippen LogP contribution in [0, 0.1) is 22.7 Å². The molecule has 3 N–H and O–H groups in total. The van der Waals surface area contributed by atoms with Gasteiger partial charge in [0, 0.05) is 29.9 Å². The van der Waals surface area contributed by atoms with E-state index in [-0.39, 0.29) is 12.5 Å². The minimum atomic E-state index is -1.38. The van der Waals surface area contributed by atoms with Gasteiger partial charge in [0.1, 0.15) is 17.6 Å². The predicted molar refractivity (Wildman–Crippen MR) is 93.5 cm³/mol. The van der Waals surface area contributed by atoms with Crippen LogP contribution in [0.3, 0.4) is 0 Å². The van der Waals surface area contributed by atoms with Crippen molar-refractivity contribution in [1.82, 2.24) is 0 Å². The Labute approximate surface area is 161 Å². The Morgan fingerprint density at radius 3 is 2.52 bits per heavy atom. The second-order valence-corrected chi connectivity index (χ2v) is 8.92. The van der Waals surface area contributed by atoms with Crippen LogP contribution < -0.4 is 0 Å². The highest BCUT2D eigenvalue weighted by molar-refractivity contribution is 6.22. The summed E-state index contributed by atoms with van der Waals surface area (Å²) in [4.78, 5) is 25.0. The lowest BCUT2D eigenvalue weighted by Crippen LogP contribution is -2.67. The van der Waals surface area contributed by atoms with Crippen LogP contribution in [-0.2, 0) is 19.1 Å². The highest BCUT2D eigenvalue weighted by Gasteiger charge is 2.73. The highest BCUT2D eigenvalue weighted by Crippen LogP contribution is 2.65. The monoisotopic (exact) mass is 398 g/mol. The third kappa shape index (κ3) is 2.14. The minimum Gasteiger partial charge on any atom is -0.457 e. The molecule has 0 aromatic heterocycles. The van der Waals surface area contributed by atoms with Gasteiger partial charge in [-0.05, 0) is 24.1 Å². The molecule has 0 bridgehead atoms. The van der Waals surface area contributed by atoms with Gasteiger partial charge in [-0.15, -0.1) is 11.6 Å². The number of aliphatic hydroxyl groups is 3. The van der Waals surface area contributed by atoms with E-state index in [2.05, 4.69) is 0 Å². The second kappa shape index (κ2) is 5.80. The lowest BCUT2D eigenvalue weighted by molar-refractivity contribution is -0.168. The topological polar surface area (TPSA) is 113 Å². The molecule has 2 aliphatic carbocycles. The Kier molecular flexibility index (Phi) is 4.06. The molecule has 2 heterocycles. The molecule has 8 heteroatoms. The van der Waals surface area contributed by atoms with Crippen molar-refractivity contribution in [1.29, 1.82) is 0 Å². The zero-order valence-corrected chi connectivity index (χ0v) is 16.0. The number of carbonyl (C=O) groups excluding carboxylic acids is 2. The summed E-state index contributed by atoms with van der Waals surface area (Å²) >= 11 is 6.63. The smallest absolute Gasteiger partial charge is 0.331 e. The molecule has 2 fully saturated rings. The fourth-order valence-electron chi connectivity index (χ4n) is 5.47. The Balaban J connectivity index is 1.96. The van der Waals surface area contributed by atoms with Crippen LogP contribution in [0.25, 0.3) is 0 Å². The van der Waals surface area contributed by atoms with Crippen molar-refractivity contribution in [2.45, 2.75) is 50.6 Å². The fraction of sp³-hybridized carbons (Fsp3) is 0.684. The maximum Gasteiger partial charge on any atom is 0.331 e. The standard InChI is InChI=1S/C19H23ClO7/c1-7(6-21)13-8-4-10-14-18(2,9(8)5-11(22)27-13)15(20)12(23)16(24)19(14,3)17(25)26-10/h4-5,7,10,12-16,21,23-24H,6H2,1-3H3/t7-,10-,12+,13-,14-,15+,16+,18-,19-/m1/s1. The first kappa shape index (κ1) is 18.9. The number of cyclic esters (lactones) is 1. The van der Waals surface area contributed by atoms with Gasteiger partial charge >= 0.3 is 11.9 Å². The first-order chi connectivity index (χ1) is 12.6. The molecule has 2 aliphatic heterocycles. The number of hydrogen-bond donors (Lipinski definition) is 3. The molecule has 0 amide bonds. The van der Waals surface area contributed by atoms with E-state index in [1.165, 1.54) is 6.08 Å². The van der Waals surface area contributed by atoms with Gasteiger partial charge in [-0.3, -0.25) is 4.79 Å². The van der Waals surface area contributed by atoms with Gasteiger partial charge in [-0.1, -0.05) is 13.8 Å². The summed E-state index contributed by atoms with van der Waals surface area (Å²) in [5.74, 6) is -2.10. The summed E-state index contributed by atoms with van der Waals surface area (Å²) in [7, 11) is 0. The first-order valence-corrected chi connectivity index (χ1v) is 9.49. The van der Waals surface area contributed by atoms with E-state index in [1.807, 2.05) is 0 Å². The molecule has 0 unspecified atom stereocenters. The Morgan fingerprint density at radius 2 is 1.89 bits per heavy atom. The fourth-order valence-corrected chi connectivity index (χ4v) is 5.86. The van der Waals surface area contributed by atoms with Gasteiger partial charge in [0.2, 0.25) is 0 Å². The Hall–Kier alpha value is -1.41. The molecule has 9 atom stereocenters. The van der Waals surface area contributed by atoms with Gasteiger partial charge in [-0.25, -0.2) is 4.79 Å². The van der Waals surface area contributed by atoms with E-state index in [1.54, 1.807) is 26.8 Å². The molecule has 1 saturated heterocycles.